The van der Waals surface area contributed by atoms with Crippen molar-refractivity contribution >= 4 is 19.8 Å². The molecule has 0 spiro atoms. The lowest BCUT2D eigenvalue weighted by atomic mass is 10.4. The Hall–Kier alpha value is -1.34. The van der Waals surface area contributed by atoms with Crippen LogP contribution in [0.15, 0.2) is 35.3 Å². The van der Waals surface area contributed by atoms with Gasteiger partial charge in [0.1, 0.15) is 0 Å². The zero-order valence-electron chi connectivity index (χ0n) is 13.8. The summed E-state index contributed by atoms with van der Waals surface area (Å²) < 4.78 is 22.5. The number of isocyanates is 1. The van der Waals surface area contributed by atoms with E-state index in [1.54, 1.807) is 20.3 Å². The van der Waals surface area contributed by atoms with Crippen LogP contribution in [0.4, 0.5) is 0 Å². The molecule has 0 atom stereocenters. The van der Waals surface area contributed by atoms with Crippen LogP contribution in [-0.4, -0.2) is 61.8 Å². The van der Waals surface area contributed by atoms with E-state index in [2.05, 4.69) is 4.99 Å². The first-order valence-corrected chi connectivity index (χ1v) is 9.66. The third-order valence-corrected chi connectivity index (χ3v) is 6.86. The van der Waals surface area contributed by atoms with Crippen molar-refractivity contribution in [2.45, 2.75) is 12.5 Å². The summed E-state index contributed by atoms with van der Waals surface area (Å²) in [7, 11) is 0.631. The molecule has 0 unspecified atom stereocenters. The Morgan fingerprint density at radius 3 is 2.13 bits per heavy atom. The van der Waals surface area contributed by atoms with E-state index >= 15 is 0 Å². The van der Waals surface area contributed by atoms with Crippen LogP contribution in [-0.2, 0) is 23.1 Å². The molecular formula is C16H25NO5Si. The van der Waals surface area contributed by atoms with E-state index in [-0.39, 0.29) is 0 Å². The molecule has 0 saturated heterocycles. The van der Waals surface area contributed by atoms with Crippen LogP contribution < -0.4 is 5.19 Å². The predicted octanol–water partition coefficient (Wildman–Crippen LogP) is 1.39. The van der Waals surface area contributed by atoms with Crippen LogP contribution in [0.25, 0.3) is 0 Å². The van der Waals surface area contributed by atoms with Crippen LogP contribution in [0.1, 0.15) is 6.42 Å². The Morgan fingerprint density at radius 1 is 1.00 bits per heavy atom. The maximum absolute atomic E-state index is 10.2. The Balaban J connectivity index is 2.91. The Bertz CT molecular complexity index is 455. The number of hydrogen-bond donors (Lipinski definition) is 0. The standard InChI is InChI=1S/C16H25NO5Si/c1-19-10-12-21-23(22-13-11-20-2,14-6-9-17-15-18)16-7-4-3-5-8-16/h3-5,7-8H,6,9-14H2,1-2H3. The van der Waals surface area contributed by atoms with Gasteiger partial charge in [-0.2, -0.15) is 0 Å². The maximum atomic E-state index is 10.2. The van der Waals surface area contributed by atoms with E-state index in [4.69, 9.17) is 18.3 Å². The minimum atomic E-state index is -2.65. The predicted molar refractivity (Wildman–Crippen MR) is 89.9 cm³/mol. The maximum Gasteiger partial charge on any atom is 0.372 e. The number of methoxy groups -OCH3 is 2. The van der Waals surface area contributed by atoms with Gasteiger partial charge in [-0.1, -0.05) is 30.3 Å². The number of aliphatic imine (C=N–C) groups is 1. The number of benzene rings is 1. The molecule has 0 aliphatic rings. The molecular weight excluding hydrogens is 314 g/mol. The molecule has 1 aromatic carbocycles. The lowest BCUT2D eigenvalue weighted by Gasteiger charge is -2.31. The molecule has 23 heavy (non-hydrogen) atoms. The van der Waals surface area contributed by atoms with Crippen molar-refractivity contribution in [1.29, 1.82) is 0 Å². The molecule has 1 rings (SSSR count). The second kappa shape index (κ2) is 12.1. The molecule has 0 aliphatic carbocycles. The molecule has 0 N–H and O–H groups in total. The molecule has 128 valence electrons. The van der Waals surface area contributed by atoms with E-state index in [0.717, 1.165) is 5.19 Å². The van der Waals surface area contributed by atoms with Gasteiger partial charge in [0, 0.05) is 14.2 Å². The number of nitrogens with zero attached hydrogens (tertiary/aromatic N) is 1. The summed E-state index contributed by atoms with van der Waals surface area (Å²) in [5.74, 6) is 0. The van der Waals surface area contributed by atoms with Crippen molar-refractivity contribution in [2.24, 2.45) is 4.99 Å². The van der Waals surface area contributed by atoms with E-state index in [0.29, 0.717) is 45.4 Å². The minimum absolute atomic E-state index is 0.423. The normalized spacial score (nSPS) is 11.2. The molecule has 0 aliphatic heterocycles. The summed E-state index contributed by atoms with van der Waals surface area (Å²) in [6.45, 7) is 2.35. The van der Waals surface area contributed by atoms with E-state index < -0.39 is 8.56 Å². The van der Waals surface area contributed by atoms with Crippen LogP contribution in [0, 0.1) is 0 Å². The van der Waals surface area contributed by atoms with Gasteiger partial charge < -0.3 is 18.3 Å². The summed E-state index contributed by atoms with van der Waals surface area (Å²) in [5.41, 5.74) is 0. The molecule has 0 bridgehead atoms. The van der Waals surface area contributed by atoms with Crippen molar-refractivity contribution in [3.63, 3.8) is 0 Å². The zero-order chi connectivity index (χ0) is 16.8. The van der Waals surface area contributed by atoms with Gasteiger partial charge in [0.25, 0.3) is 0 Å². The van der Waals surface area contributed by atoms with Gasteiger partial charge in [-0.05, 0) is 17.7 Å². The van der Waals surface area contributed by atoms with E-state index in [9.17, 15) is 4.79 Å². The summed E-state index contributed by atoms with van der Waals surface area (Å²) in [5, 5.41) is 1.06. The fourth-order valence-electron chi connectivity index (χ4n) is 2.21. The Morgan fingerprint density at radius 2 is 1.61 bits per heavy atom. The van der Waals surface area contributed by atoms with Crippen molar-refractivity contribution in [2.75, 3.05) is 47.2 Å². The lowest BCUT2D eigenvalue weighted by Crippen LogP contribution is -2.54. The molecule has 0 saturated carbocycles. The molecule has 0 amide bonds. The van der Waals surface area contributed by atoms with E-state index in [1.807, 2.05) is 30.3 Å². The highest BCUT2D eigenvalue weighted by Crippen LogP contribution is 2.17. The highest BCUT2D eigenvalue weighted by atomic mass is 28.4. The van der Waals surface area contributed by atoms with Crippen LogP contribution in [0.3, 0.4) is 0 Å². The summed E-state index contributed by atoms with van der Waals surface area (Å²) in [6.07, 6.45) is 2.27. The Kier molecular flexibility index (Phi) is 10.4. The summed E-state index contributed by atoms with van der Waals surface area (Å²) in [4.78, 5) is 13.9. The smallest absolute Gasteiger partial charge is 0.372 e. The average Bonchev–Trinajstić information content (AvgIpc) is 2.59. The Labute approximate surface area is 138 Å². The van der Waals surface area contributed by atoms with Gasteiger partial charge in [0.2, 0.25) is 6.08 Å². The fraction of sp³-hybridized carbons (Fsp3) is 0.562. The van der Waals surface area contributed by atoms with Crippen LogP contribution in [0.2, 0.25) is 6.04 Å². The molecule has 0 heterocycles. The van der Waals surface area contributed by atoms with Gasteiger partial charge in [-0.3, -0.25) is 0 Å². The third-order valence-electron chi connectivity index (χ3n) is 3.30. The minimum Gasteiger partial charge on any atom is -0.389 e. The van der Waals surface area contributed by atoms with Gasteiger partial charge in [0.15, 0.2) is 0 Å². The quantitative estimate of drug-likeness (QED) is 0.235. The second-order valence-corrected chi connectivity index (χ2v) is 8.04. The molecule has 0 fully saturated rings. The van der Waals surface area contributed by atoms with Gasteiger partial charge in [0.05, 0.1) is 33.0 Å². The first kappa shape index (κ1) is 19.7. The number of rotatable bonds is 13. The van der Waals surface area contributed by atoms with Gasteiger partial charge in [-0.25, -0.2) is 9.79 Å². The van der Waals surface area contributed by atoms with Crippen molar-refractivity contribution in [1.82, 2.24) is 0 Å². The van der Waals surface area contributed by atoms with E-state index in [1.165, 1.54) is 0 Å². The fourth-order valence-corrected chi connectivity index (χ4v) is 5.35. The number of ether oxygens (including phenoxy) is 2. The van der Waals surface area contributed by atoms with Gasteiger partial charge in [-0.15, -0.1) is 0 Å². The second-order valence-electron chi connectivity index (χ2n) is 4.88. The van der Waals surface area contributed by atoms with Gasteiger partial charge >= 0.3 is 8.56 Å². The lowest BCUT2D eigenvalue weighted by molar-refractivity contribution is 0.0914. The number of hydrogen-bond acceptors (Lipinski definition) is 6. The molecule has 1 aromatic rings. The molecule has 0 aromatic heterocycles. The third kappa shape index (κ3) is 7.17. The highest BCUT2D eigenvalue weighted by Gasteiger charge is 2.39. The topological polar surface area (TPSA) is 66.4 Å². The van der Waals surface area contributed by atoms with Crippen molar-refractivity contribution in [3.8, 4) is 0 Å². The van der Waals surface area contributed by atoms with Crippen LogP contribution in [0.5, 0.6) is 0 Å². The number of carbonyl (C=O) groups excluding carboxylic acids is 1. The summed E-state index contributed by atoms with van der Waals surface area (Å²) >= 11 is 0. The van der Waals surface area contributed by atoms with Crippen molar-refractivity contribution in [3.05, 3.63) is 30.3 Å². The average molecular weight is 339 g/mol. The zero-order valence-corrected chi connectivity index (χ0v) is 14.8. The first-order valence-electron chi connectivity index (χ1n) is 7.64. The summed E-state index contributed by atoms with van der Waals surface area (Å²) in [6, 6.07) is 10.7. The monoisotopic (exact) mass is 339 g/mol. The molecule has 0 radical (unpaired) electrons. The SMILES string of the molecule is COCCO[Si](CCCN=C=O)(OCCOC)c1ccccc1. The van der Waals surface area contributed by atoms with Crippen molar-refractivity contribution < 1.29 is 23.1 Å². The largest absolute Gasteiger partial charge is 0.389 e. The highest BCUT2D eigenvalue weighted by molar-refractivity contribution is 6.81. The molecule has 6 nitrogen and oxygen atoms in total. The van der Waals surface area contributed by atoms with Crippen LogP contribution >= 0.6 is 0 Å². The first-order chi connectivity index (χ1) is 11.3. The molecule has 7 heteroatoms.